The molecule has 0 aliphatic carbocycles. The molecule has 0 aromatic heterocycles. The largest absolute Gasteiger partial charge is 0.481 e. The Balaban J connectivity index is 1.65. The fourth-order valence-electron chi connectivity index (χ4n) is 3.02. The fraction of sp³-hybridized carbons (Fsp3) is 0.650. The van der Waals surface area contributed by atoms with Crippen LogP contribution in [-0.2, 0) is 4.79 Å². The van der Waals surface area contributed by atoms with Gasteiger partial charge in [0, 0.05) is 19.6 Å². The third-order valence-corrected chi connectivity index (χ3v) is 4.84. The maximum atomic E-state index is 12.2. The number of hydrogen-bond acceptors (Lipinski definition) is 4. The van der Waals surface area contributed by atoms with Crippen LogP contribution in [0.3, 0.4) is 0 Å². The van der Waals surface area contributed by atoms with Crippen LogP contribution in [0.25, 0.3) is 0 Å². The third-order valence-electron chi connectivity index (χ3n) is 4.84. The molecule has 1 aromatic rings. The Morgan fingerprint density at radius 3 is 2.52 bits per heavy atom. The predicted molar refractivity (Wildman–Crippen MR) is 102 cm³/mol. The SMILES string of the molecule is Cc1ccc(O[C@H](C)C(=O)NCC2CCN(CCN(C)C)CC2)cc1. The van der Waals surface area contributed by atoms with Crippen LogP contribution < -0.4 is 10.1 Å². The summed E-state index contributed by atoms with van der Waals surface area (Å²) in [7, 11) is 4.23. The van der Waals surface area contributed by atoms with Crippen molar-refractivity contribution in [2.75, 3.05) is 46.8 Å². The lowest BCUT2D eigenvalue weighted by molar-refractivity contribution is -0.127. The summed E-state index contributed by atoms with van der Waals surface area (Å²) in [6.07, 6.45) is 1.84. The van der Waals surface area contributed by atoms with Gasteiger partial charge < -0.3 is 19.9 Å². The molecule has 0 radical (unpaired) electrons. The van der Waals surface area contributed by atoms with E-state index >= 15 is 0 Å². The topological polar surface area (TPSA) is 44.8 Å². The number of carbonyl (C=O) groups is 1. The van der Waals surface area contributed by atoms with Gasteiger partial charge in [0.15, 0.2) is 6.10 Å². The zero-order valence-electron chi connectivity index (χ0n) is 16.1. The quantitative estimate of drug-likeness (QED) is 0.783. The Kier molecular flexibility index (Phi) is 7.72. The molecule has 1 aliphatic rings. The second-order valence-corrected chi connectivity index (χ2v) is 7.41. The van der Waals surface area contributed by atoms with E-state index in [1.807, 2.05) is 31.2 Å². The average Bonchev–Trinajstić information content (AvgIpc) is 2.60. The molecule has 0 saturated carbocycles. The highest BCUT2D eigenvalue weighted by Crippen LogP contribution is 2.17. The summed E-state index contributed by atoms with van der Waals surface area (Å²) in [6.45, 7) is 9.09. The lowest BCUT2D eigenvalue weighted by atomic mass is 9.96. The van der Waals surface area contributed by atoms with Crippen LogP contribution in [-0.4, -0.2) is 68.6 Å². The van der Waals surface area contributed by atoms with Crippen LogP contribution in [0.2, 0.25) is 0 Å². The number of carbonyl (C=O) groups excluding carboxylic acids is 1. The van der Waals surface area contributed by atoms with Crippen molar-refractivity contribution in [1.82, 2.24) is 15.1 Å². The first kappa shape index (κ1) is 19.7. The van der Waals surface area contributed by atoms with Crippen LogP contribution >= 0.6 is 0 Å². The number of amides is 1. The van der Waals surface area contributed by atoms with Crippen molar-refractivity contribution >= 4 is 5.91 Å². The number of nitrogens with zero attached hydrogens (tertiary/aromatic N) is 2. The summed E-state index contributed by atoms with van der Waals surface area (Å²) in [4.78, 5) is 17.0. The molecule has 1 aromatic carbocycles. The van der Waals surface area contributed by atoms with Gasteiger partial charge in [-0.15, -0.1) is 0 Å². The summed E-state index contributed by atoms with van der Waals surface area (Å²) in [5.74, 6) is 1.28. The summed E-state index contributed by atoms with van der Waals surface area (Å²) >= 11 is 0. The summed E-state index contributed by atoms with van der Waals surface area (Å²) in [5.41, 5.74) is 1.18. The van der Waals surface area contributed by atoms with Crippen molar-refractivity contribution in [1.29, 1.82) is 0 Å². The highest BCUT2D eigenvalue weighted by atomic mass is 16.5. The van der Waals surface area contributed by atoms with Gasteiger partial charge in [0.25, 0.3) is 5.91 Å². The van der Waals surface area contributed by atoms with E-state index in [4.69, 9.17) is 4.74 Å². The van der Waals surface area contributed by atoms with Gasteiger partial charge in [0.2, 0.25) is 0 Å². The molecule has 1 atom stereocenters. The molecule has 5 nitrogen and oxygen atoms in total. The fourth-order valence-corrected chi connectivity index (χ4v) is 3.02. The van der Waals surface area contributed by atoms with Crippen LogP contribution in [0.5, 0.6) is 5.75 Å². The molecule has 0 bridgehead atoms. The number of rotatable bonds is 8. The standard InChI is InChI=1S/C20H33N3O2/c1-16-5-7-19(8-6-16)25-17(2)20(24)21-15-18-9-11-23(12-10-18)14-13-22(3)4/h5-8,17-18H,9-15H2,1-4H3,(H,21,24)/t17-/m1/s1. The van der Waals surface area contributed by atoms with E-state index in [2.05, 4.69) is 29.2 Å². The maximum absolute atomic E-state index is 12.2. The van der Waals surface area contributed by atoms with Crippen LogP contribution in [0.15, 0.2) is 24.3 Å². The molecular weight excluding hydrogens is 314 g/mol. The summed E-state index contributed by atoms with van der Waals surface area (Å²) < 4.78 is 5.72. The lowest BCUT2D eigenvalue weighted by Gasteiger charge is -2.32. The molecule has 140 valence electrons. The van der Waals surface area contributed by atoms with E-state index in [1.54, 1.807) is 6.92 Å². The van der Waals surface area contributed by atoms with Gasteiger partial charge in [-0.25, -0.2) is 0 Å². The zero-order chi connectivity index (χ0) is 18.2. The Hall–Kier alpha value is -1.59. The smallest absolute Gasteiger partial charge is 0.260 e. The second-order valence-electron chi connectivity index (χ2n) is 7.41. The van der Waals surface area contributed by atoms with E-state index in [1.165, 1.54) is 5.56 Å². The molecule has 0 unspecified atom stereocenters. The predicted octanol–water partition coefficient (Wildman–Crippen LogP) is 2.15. The minimum atomic E-state index is -0.470. The number of aryl methyl sites for hydroxylation is 1. The highest BCUT2D eigenvalue weighted by Gasteiger charge is 2.21. The number of benzene rings is 1. The molecule has 2 rings (SSSR count). The molecule has 1 N–H and O–H groups in total. The molecule has 1 fully saturated rings. The van der Waals surface area contributed by atoms with Crippen molar-refractivity contribution in [3.8, 4) is 5.75 Å². The van der Waals surface area contributed by atoms with E-state index in [9.17, 15) is 4.79 Å². The molecular formula is C20H33N3O2. The molecule has 1 heterocycles. The maximum Gasteiger partial charge on any atom is 0.260 e. The Labute approximate surface area is 152 Å². The van der Waals surface area contributed by atoms with Crippen LogP contribution in [0.1, 0.15) is 25.3 Å². The molecule has 25 heavy (non-hydrogen) atoms. The number of nitrogens with one attached hydrogen (secondary N) is 1. The van der Waals surface area contributed by atoms with E-state index in [0.29, 0.717) is 5.92 Å². The molecule has 1 aliphatic heterocycles. The first-order valence-electron chi connectivity index (χ1n) is 9.32. The van der Waals surface area contributed by atoms with Crippen molar-refractivity contribution in [2.24, 2.45) is 5.92 Å². The highest BCUT2D eigenvalue weighted by molar-refractivity contribution is 5.80. The second kappa shape index (κ2) is 9.78. The molecule has 1 saturated heterocycles. The van der Waals surface area contributed by atoms with E-state index in [0.717, 1.165) is 51.3 Å². The van der Waals surface area contributed by atoms with Gasteiger partial charge in [-0.3, -0.25) is 4.79 Å². The average molecular weight is 348 g/mol. The zero-order valence-corrected chi connectivity index (χ0v) is 16.1. The Morgan fingerprint density at radius 2 is 1.92 bits per heavy atom. The number of piperidine rings is 1. The van der Waals surface area contributed by atoms with Crippen molar-refractivity contribution < 1.29 is 9.53 Å². The summed E-state index contributed by atoms with van der Waals surface area (Å²) in [5, 5.41) is 3.06. The van der Waals surface area contributed by atoms with Crippen LogP contribution in [0, 0.1) is 12.8 Å². The monoisotopic (exact) mass is 347 g/mol. The minimum Gasteiger partial charge on any atom is -0.481 e. The molecule has 0 spiro atoms. The van der Waals surface area contributed by atoms with E-state index in [-0.39, 0.29) is 5.91 Å². The molecule has 1 amide bonds. The molecule has 5 heteroatoms. The summed E-state index contributed by atoms with van der Waals surface area (Å²) in [6, 6.07) is 7.79. The third kappa shape index (κ3) is 7.04. The van der Waals surface area contributed by atoms with E-state index < -0.39 is 6.10 Å². The van der Waals surface area contributed by atoms with Gasteiger partial charge in [-0.05, 0) is 71.9 Å². The number of likely N-dealkylation sites (tertiary alicyclic amines) is 1. The van der Waals surface area contributed by atoms with Crippen LogP contribution in [0.4, 0.5) is 0 Å². The van der Waals surface area contributed by atoms with Crippen molar-refractivity contribution in [3.63, 3.8) is 0 Å². The number of likely N-dealkylation sites (N-methyl/N-ethyl adjacent to an activating group) is 1. The Morgan fingerprint density at radius 1 is 1.28 bits per heavy atom. The minimum absolute atomic E-state index is 0.0318. The Bertz CT molecular complexity index is 522. The normalized spacial score (nSPS) is 17.5. The first-order chi connectivity index (χ1) is 11.9. The van der Waals surface area contributed by atoms with Gasteiger partial charge in [0.1, 0.15) is 5.75 Å². The van der Waals surface area contributed by atoms with Gasteiger partial charge in [-0.2, -0.15) is 0 Å². The lowest BCUT2D eigenvalue weighted by Crippen LogP contribution is -2.43. The number of hydrogen-bond donors (Lipinski definition) is 1. The van der Waals surface area contributed by atoms with Crippen molar-refractivity contribution in [2.45, 2.75) is 32.8 Å². The number of ether oxygens (including phenoxy) is 1. The van der Waals surface area contributed by atoms with Crippen molar-refractivity contribution in [3.05, 3.63) is 29.8 Å². The van der Waals surface area contributed by atoms with Gasteiger partial charge >= 0.3 is 0 Å². The first-order valence-corrected chi connectivity index (χ1v) is 9.32. The van der Waals surface area contributed by atoms with Gasteiger partial charge in [0.05, 0.1) is 0 Å². The van der Waals surface area contributed by atoms with Gasteiger partial charge in [-0.1, -0.05) is 17.7 Å².